The molecule has 1 amide bonds. The van der Waals surface area contributed by atoms with Crippen molar-refractivity contribution in [2.45, 2.75) is 13.8 Å². The third-order valence-electron chi connectivity index (χ3n) is 2.88. The van der Waals surface area contributed by atoms with Crippen molar-refractivity contribution in [1.82, 2.24) is 10.2 Å². The van der Waals surface area contributed by atoms with Gasteiger partial charge in [-0.1, -0.05) is 13.8 Å². The van der Waals surface area contributed by atoms with E-state index in [9.17, 15) is 4.79 Å². The average Bonchev–Trinajstić information content (AvgIpc) is 2.43. The fourth-order valence-electron chi connectivity index (χ4n) is 1.67. The van der Waals surface area contributed by atoms with E-state index >= 15 is 0 Å². The molecule has 0 aliphatic heterocycles. The highest BCUT2D eigenvalue weighted by atomic mass is 16.5. The Kier molecular flexibility index (Phi) is 6.18. The van der Waals surface area contributed by atoms with Gasteiger partial charge >= 0.3 is 0 Å². The third kappa shape index (κ3) is 4.35. The third-order valence-corrected chi connectivity index (χ3v) is 2.88. The van der Waals surface area contributed by atoms with Crippen LogP contribution in [-0.2, 0) is 0 Å². The Morgan fingerprint density at radius 2 is 1.83 bits per heavy atom. The monoisotopic (exact) mass is 251 g/mol. The summed E-state index contributed by atoms with van der Waals surface area (Å²) in [5.41, 5.74) is 3.18. The molecule has 0 spiro atoms. The fourth-order valence-corrected chi connectivity index (χ4v) is 1.67. The van der Waals surface area contributed by atoms with E-state index in [1.165, 1.54) is 0 Å². The smallest absolute Gasteiger partial charge is 0.251 e. The van der Waals surface area contributed by atoms with Gasteiger partial charge < -0.3 is 10.2 Å². The van der Waals surface area contributed by atoms with Crippen molar-refractivity contribution in [3.63, 3.8) is 0 Å². The van der Waals surface area contributed by atoms with Gasteiger partial charge in [0.2, 0.25) is 0 Å². The van der Waals surface area contributed by atoms with Crippen LogP contribution in [0.15, 0.2) is 24.3 Å². The highest BCUT2D eigenvalue weighted by Crippen LogP contribution is 2.08. The van der Waals surface area contributed by atoms with Gasteiger partial charge in [0.05, 0.1) is 5.69 Å². The molecule has 0 atom stereocenters. The average molecular weight is 251 g/mol. The second-order valence-corrected chi connectivity index (χ2v) is 3.97. The minimum atomic E-state index is -0.0911. The molecule has 5 heteroatoms. The van der Waals surface area contributed by atoms with Crippen LogP contribution in [0.25, 0.3) is 0 Å². The van der Waals surface area contributed by atoms with E-state index in [0.717, 1.165) is 19.6 Å². The number of amides is 1. The molecule has 0 bridgehead atoms. The van der Waals surface area contributed by atoms with Gasteiger partial charge in [0, 0.05) is 18.7 Å². The number of anilines is 1. The first-order valence-corrected chi connectivity index (χ1v) is 6.22. The maximum Gasteiger partial charge on any atom is 0.251 e. The highest BCUT2D eigenvalue weighted by Gasteiger charge is 2.05. The number of benzene rings is 1. The molecule has 0 aliphatic carbocycles. The predicted molar refractivity (Wildman–Crippen MR) is 72.0 cm³/mol. The maximum absolute atomic E-state index is 11.8. The van der Waals surface area contributed by atoms with E-state index < -0.39 is 0 Å². The standard InChI is InChI=1S/C13H21N3O2/c1-3-16(4-2)10-9-14-13(17)11-5-7-12(15-18)8-6-11/h5-8,15,18H,3-4,9-10H2,1-2H3,(H,14,17). The number of hydrogen-bond donors (Lipinski definition) is 3. The molecule has 0 radical (unpaired) electrons. The lowest BCUT2D eigenvalue weighted by molar-refractivity contribution is 0.0949. The summed E-state index contributed by atoms with van der Waals surface area (Å²) < 4.78 is 0. The van der Waals surface area contributed by atoms with Crippen molar-refractivity contribution < 1.29 is 10.0 Å². The van der Waals surface area contributed by atoms with Gasteiger partial charge in [-0.15, -0.1) is 0 Å². The summed E-state index contributed by atoms with van der Waals surface area (Å²) >= 11 is 0. The summed E-state index contributed by atoms with van der Waals surface area (Å²) in [7, 11) is 0. The van der Waals surface area contributed by atoms with Gasteiger partial charge in [0.15, 0.2) is 0 Å². The first kappa shape index (κ1) is 14.5. The van der Waals surface area contributed by atoms with Gasteiger partial charge in [-0.2, -0.15) is 0 Å². The van der Waals surface area contributed by atoms with E-state index in [-0.39, 0.29) is 5.91 Å². The molecule has 0 saturated carbocycles. The second-order valence-electron chi connectivity index (χ2n) is 3.97. The molecule has 100 valence electrons. The lowest BCUT2D eigenvalue weighted by Crippen LogP contribution is -2.34. The highest BCUT2D eigenvalue weighted by molar-refractivity contribution is 5.94. The minimum Gasteiger partial charge on any atom is -0.351 e. The van der Waals surface area contributed by atoms with Crippen molar-refractivity contribution in [3.8, 4) is 0 Å². The van der Waals surface area contributed by atoms with E-state index in [1.807, 2.05) is 5.48 Å². The van der Waals surface area contributed by atoms with Gasteiger partial charge in [0.1, 0.15) is 0 Å². The van der Waals surface area contributed by atoms with Gasteiger partial charge in [-0.3, -0.25) is 15.5 Å². The SMILES string of the molecule is CCN(CC)CCNC(=O)c1ccc(NO)cc1. The minimum absolute atomic E-state index is 0.0911. The normalized spacial score (nSPS) is 10.4. The number of carbonyl (C=O) groups excluding carboxylic acids is 1. The summed E-state index contributed by atoms with van der Waals surface area (Å²) in [4.78, 5) is 14.0. The van der Waals surface area contributed by atoms with E-state index in [4.69, 9.17) is 5.21 Å². The molecule has 1 aromatic carbocycles. The Morgan fingerprint density at radius 3 is 2.33 bits per heavy atom. The Bertz CT molecular complexity index is 361. The van der Waals surface area contributed by atoms with Crippen molar-refractivity contribution >= 4 is 11.6 Å². The Balaban J connectivity index is 2.40. The Labute approximate surface area is 108 Å². The van der Waals surface area contributed by atoms with Crippen LogP contribution in [0.3, 0.4) is 0 Å². The van der Waals surface area contributed by atoms with Crippen molar-refractivity contribution in [1.29, 1.82) is 0 Å². The van der Waals surface area contributed by atoms with E-state index in [0.29, 0.717) is 17.8 Å². The van der Waals surface area contributed by atoms with Crippen LogP contribution in [0.5, 0.6) is 0 Å². The Morgan fingerprint density at radius 1 is 1.22 bits per heavy atom. The fraction of sp³-hybridized carbons (Fsp3) is 0.462. The molecule has 18 heavy (non-hydrogen) atoms. The van der Waals surface area contributed by atoms with Crippen LogP contribution >= 0.6 is 0 Å². The predicted octanol–water partition coefficient (Wildman–Crippen LogP) is 1.56. The van der Waals surface area contributed by atoms with Crippen molar-refractivity contribution in [3.05, 3.63) is 29.8 Å². The van der Waals surface area contributed by atoms with E-state index in [2.05, 4.69) is 24.1 Å². The zero-order chi connectivity index (χ0) is 13.4. The summed E-state index contributed by atoms with van der Waals surface area (Å²) in [5.74, 6) is -0.0911. The first-order chi connectivity index (χ1) is 8.71. The molecular formula is C13H21N3O2. The quantitative estimate of drug-likeness (QED) is 0.643. The summed E-state index contributed by atoms with van der Waals surface area (Å²) in [6.45, 7) is 7.68. The summed E-state index contributed by atoms with van der Waals surface area (Å²) in [6.07, 6.45) is 0. The zero-order valence-electron chi connectivity index (χ0n) is 10.9. The lowest BCUT2D eigenvalue weighted by atomic mass is 10.2. The molecule has 1 aromatic rings. The first-order valence-electron chi connectivity index (χ1n) is 6.22. The lowest BCUT2D eigenvalue weighted by Gasteiger charge is -2.17. The van der Waals surface area contributed by atoms with Gasteiger partial charge in [-0.05, 0) is 37.4 Å². The number of carbonyl (C=O) groups is 1. The molecule has 1 rings (SSSR count). The van der Waals surface area contributed by atoms with Crippen molar-refractivity contribution in [2.75, 3.05) is 31.7 Å². The number of hydrogen-bond acceptors (Lipinski definition) is 4. The summed E-state index contributed by atoms with van der Waals surface area (Å²) in [6, 6.07) is 6.65. The van der Waals surface area contributed by atoms with Gasteiger partial charge in [0.25, 0.3) is 5.91 Å². The largest absolute Gasteiger partial charge is 0.351 e. The molecule has 0 aliphatic rings. The molecule has 0 aromatic heterocycles. The van der Waals surface area contributed by atoms with Gasteiger partial charge in [-0.25, -0.2) is 0 Å². The number of nitrogens with one attached hydrogen (secondary N) is 2. The number of rotatable bonds is 7. The molecular weight excluding hydrogens is 230 g/mol. The van der Waals surface area contributed by atoms with Crippen molar-refractivity contribution in [2.24, 2.45) is 0 Å². The topological polar surface area (TPSA) is 64.6 Å². The van der Waals surface area contributed by atoms with Crippen LogP contribution in [0, 0.1) is 0 Å². The van der Waals surface area contributed by atoms with Crippen LogP contribution in [0.1, 0.15) is 24.2 Å². The number of likely N-dealkylation sites (N-methyl/N-ethyl adjacent to an activating group) is 1. The van der Waals surface area contributed by atoms with Crippen LogP contribution in [-0.4, -0.2) is 42.2 Å². The molecule has 0 unspecified atom stereocenters. The zero-order valence-corrected chi connectivity index (χ0v) is 10.9. The summed E-state index contributed by atoms with van der Waals surface area (Å²) in [5, 5.41) is 11.5. The molecule has 0 saturated heterocycles. The van der Waals surface area contributed by atoms with Crippen LogP contribution in [0.2, 0.25) is 0 Å². The second kappa shape index (κ2) is 7.68. The molecule has 0 heterocycles. The van der Waals surface area contributed by atoms with E-state index in [1.54, 1.807) is 24.3 Å². The molecule has 5 nitrogen and oxygen atoms in total. The van der Waals surface area contributed by atoms with Crippen LogP contribution < -0.4 is 10.8 Å². The maximum atomic E-state index is 11.8. The van der Waals surface area contributed by atoms with Crippen LogP contribution in [0.4, 0.5) is 5.69 Å². The Hall–Kier alpha value is -1.59. The molecule has 0 fully saturated rings. The number of nitrogens with zero attached hydrogens (tertiary/aromatic N) is 1. The molecule has 3 N–H and O–H groups in total.